The monoisotopic (exact) mass is 321 g/mol. The van der Waals surface area contributed by atoms with Crippen molar-refractivity contribution in [2.75, 3.05) is 19.1 Å². The lowest BCUT2D eigenvalue weighted by atomic mass is 10.2. The fourth-order valence-corrected chi connectivity index (χ4v) is 2.57. The van der Waals surface area contributed by atoms with Crippen LogP contribution in [0, 0.1) is 0 Å². The van der Waals surface area contributed by atoms with Gasteiger partial charge in [-0.25, -0.2) is 0 Å². The molecular weight excluding hydrogens is 306 g/mol. The van der Waals surface area contributed by atoms with Crippen LogP contribution in [0.25, 0.3) is 0 Å². The van der Waals surface area contributed by atoms with Crippen LogP contribution in [0.5, 0.6) is 5.75 Å². The number of halogens is 1. The number of aliphatic hydroxyl groups is 1. The Morgan fingerprint density at radius 2 is 2.00 bits per heavy atom. The van der Waals surface area contributed by atoms with Crippen LogP contribution < -0.4 is 9.64 Å². The van der Waals surface area contributed by atoms with Crippen LogP contribution in [0.15, 0.2) is 46.9 Å². The predicted octanol–water partition coefficient (Wildman–Crippen LogP) is 3.72. The van der Waals surface area contributed by atoms with Crippen molar-refractivity contribution >= 4 is 27.3 Å². The Bertz CT molecular complexity index is 572. The quantitative estimate of drug-likeness (QED) is 0.931. The van der Waals surface area contributed by atoms with Gasteiger partial charge in [-0.2, -0.15) is 0 Å². The van der Waals surface area contributed by atoms with Gasteiger partial charge in [0.2, 0.25) is 0 Å². The zero-order valence-corrected chi connectivity index (χ0v) is 12.5. The van der Waals surface area contributed by atoms with Crippen LogP contribution in [0.2, 0.25) is 0 Å². The maximum Gasteiger partial charge on any atom is 0.120 e. The van der Waals surface area contributed by atoms with Gasteiger partial charge in [-0.05, 0) is 45.8 Å². The van der Waals surface area contributed by atoms with Crippen LogP contribution >= 0.6 is 15.9 Å². The van der Waals surface area contributed by atoms with Crippen molar-refractivity contribution in [1.29, 1.82) is 0 Å². The molecule has 0 bridgehead atoms. The molecule has 0 aliphatic carbocycles. The van der Waals surface area contributed by atoms with Crippen molar-refractivity contribution in [2.24, 2.45) is 0 Å². The summed E-state index contributed by atoms with van der Waals surface area (Å²) in [5.41, 5.74) is 2.96. The molecule has 0 spiro atoms. The average Bonchev–Trinajstić information content (AvgIpc) is 2.46. The van der Waals surface area contributed by atoms with E-state index >= 15 is 0 Å². The van der Waals surface area contributed by atoms with Gasteiger partial charge in [-0.1, -0.05) is 12.1 Å². The molecule has 100 valence electrons. The SMILES string of the molecule is COc1cccc(N(C)c2ccc(CO)cc2Br)c1. The first-order chi connectivity index (χ1) is 9.15. The highest BCUT2D eigenvalue weighted by molar-refractivity contribution is 9.10. The Morgan fingerprint density at radius 1 is 1.21 bits per heavy atom. The van der Waals surface area contributed by atoms with Gasteiger partial charge >= 0.3 is 0 Å². The first-order valence-electron chi connectivity index (χ1n) is 5.92. The topological polar surface area (TPSA) is 32.7 Å². The van der Waals surface area contributed by atoms with Crippen LogP contribution in [-0.2, 0) is 6.61 Å². The highest BCUT2D eigenvalue weighted by atomic mass is 79.9. The average molecular weight is 322 g/mol. The summed E-state index contributed by atoms with van der Waals surface area (Å²) in [6, 6.07) is 13.7. The number of rotatable bonds is 4. The first kappa shape index (κ1) is 13.9. The molecular formula is C15H16BrNO2. The number of anilines is 2. The summed E-state index contributed by atoms with van der Waals surface area (Å²) in [6.45, 7) is 0.0434. The molecule has 2 aromatic rings. The number of hydrogen-bond acceptors (Lipinski definition) is 3. The smallest absolute Gasteiger partial charge is 0.120 e. The summed E-state index contributed by atoms with van der Waals surface area (Å²) >= 11 is 3.54. The molecule has 2 rings (SSSR count). The molecule has 0 fully saturated rings. The van der Waals surface area contributed by atoms with Gasteiger partial charge in [0.1, 0.15) is 5.75 Å². The Kier molecular flexibility index (Phi) is 4.45. The number of hydrogen-bond donors (Lipinski definition) is 1. The summed E-state index contributed by atoms with van der Waals surface area (Å²) in [4.78, 5) is 2.06. The summed E-state index contributed by atoms with van der Waals surface area (Å²) < 4.78 is 6.18. The maximum absolute atomic E-state index is 9.13. The van der Waals surface area contributed by atoms with Gasteiger partial charge in [-0.15, -0.1) is 0 Å². The molecule has 0 unspecified atom stereocenters. The predicted molar refractivity (Wildman–Crippen MR) is 81.1 cm³/mol. The third-order valence-corrected chi connectivity index (χ3v) is 3.63. The molecule has 19 heavy (non-hydrogen) atoms. The van der Waals surface area contributed by atoms with E-state index < -0.39 is 0 Å². The lowest BCUT2D eigenvalue weighted by molar-refractivity contribution is 0.282. The Balaban J connectivity index is 2.35. The van der Waals surface area contributed by atoms with E-state index in [1.54, 1.807) is 7.11 Å². The maximum atomic E-state index is 9.13. The zero-order chi connectivity index (χ0) is 13.8. The van der Waals surface area contributed by atoms with Crippen molar-refractivity contribution < 1.29 is 9.84 Å². The van der Waals surface area contributed by atoms with E-state index in [9.17, 15) is 0 Å². The van der Waals surface area contributed by atoms with E-state index in [4.69, 9.17) is 9.84 Å². The fourth-order valence-electron chi connectivity index (χ4n) is 1.88. The number of nitrogens with zero attached hydrogens (tertiary/aromatic N) is 1. The van der Waals surface area contributed by atoms with Crippen LogP contribution in [0.1, 0.15) is 5.56 Å². The van der Waals surface area contributed by atoms with E-state index in [2.05, 4.69) is 20.8 Å². The van der Waals surface area contributed by atoms with Crippen LogP contribution in [-0.4, -0.2) is 19.3 Å². The molecule has 0 aromatic heterocycles. The van der Waals surface area contributed by atoms with E-state index in [-0.39, 0.29) is 6.61 Å². The minimum absolute atomic E-state index is 0.0434. The molecule has 3 nitrogen and oxygen atoms in total. The van der Waals surface area contributed by atoms with E-state index in [1.807, 2.05) is 49.5 Å². The zero-order valence-electron chi connectivity index (χ0n) is 10.9. The molecule has 4 heteroatoms. The third-order valence-electron chi connectivity index (χ3n) is 3.00. The van der Waals surface area contributed by atoms with Crippen molar-refractivity contribution in [3.05, 3.63) is 52.5 Å². The third kappa shape index (κ3) is 3.08. The fraction of sp³-hybridized carbons (Fsp3) is 0.200. The van der Waals surface area contributed by atoms with Crippen molar-refractivity contribution in [3.63, 3.8) is 0 Å². The highest BCUT2D eigenvalue weighted by Gasteiger charge is 2.09. The molecule has 0 saturated heterocycles. The van der Waals surface area contributed by atoms with Crippen LogP contribution in [0.4, 0.5) is 11.4 Å². The van der Waals surface area contributed by atoms with Crippen molar-refractivity contribution in [3.8, 4) is 5.75 Å². The summed E-state index contributed by atoms with van der Waals surface area (Å²) in [5.74, 6) is 0.826. The Morgan fingerprint density at radius 3 is 2.63 bits per heavy atom. The lowest BCUT2D eigenvalue weighted by Crippen LogP contribution is -2.10. The molecule has 1 N–H and O–H groups in total. The second-order valence-electron chi connectivity index (χ2n) is 4.20. The Hall–Kier alpha value is -1.52. The summed E-state index contributed by atoms with van der Waals surface area (Å²) in [6.07, 6.45) is 0. The minimum atomic E-state index is 0.0434. The second kappa shape index (κ2) is 6.08. The minimum Gasteiger partial charge on any atom is -0.497 e. The summed E-state index contributed by atoms with van der Waals surface area (Å²) in [5, 5.41) is 9.13. The van der Waals surface area contributed by atoms with E-state index in [1.165, 1.54) is 0 Å². The number of benzene rings is 2. The van der Waals surface area contributed by atoms with Gasteiger partial charge in [0.25, 0.3) is 0 Å². The van der Waals surface area contributed by atoms with Gasteiger partial charge < -0.3 is 14.7 Å². The van der Waals surface area contributed by atoms with Gasteiger partial charge in [-0.3, -0.25) is 0 Å². The molecule has 0 aliphatic rings. The number of ether oxygens (including phenoxy) is 1. The van der Waals surface area contributed by atoms with Crippen LogP contribution in [0.3, 0.4) is 0 Å². The van der Waals surface area contributed by atoms with E-state index in [0.717, 1.165) is 27.2 Å². The summed E-state index contributed by atoms with van der Waals surface area (Å²) in [7, 11) is 3.65. The van der Waals surface area contributed by atoms with Crippen molar-refractivity contribution in [1.82, 2.24) is 0 Å². The lowest BCUT2D eigenvalue weighted by Gasteiger charge is -2.21. The molecule has 0 heterocycles. The van der Waals surface area contributed by atoms with Crippen molar-refractivity contribution in [2.45, 2.75) is 6.61 Å². The molecule has 2 aromatic carbocycles. The standard InChI is InChI=1S/C15H16BrNO2/c1-17(12-4-3-5-13(9-12)19-2)15-7-6-11(10-18)8-14(15)16/h3-9,18H,10H2,1-2H3. The molecule has 0 atom stereocenters. The molecule has 0 aliphatic heterocycles. The normalized spacial score (nSPS) is 10.3. The second-order valence-corrected chi connectivity index (χ2v) is 5.06. The number of aliphatic hydroxyl groups excluding tert-OH is 1. The van der Waals surface area contributed by atoms with Gasteiger partial charge in [0.15, 0.2) is 0 Å². The first-order valence-corrected chi connectivity index (χ1v) is 6.72. The molecule has 0 saturated carbocycles. The van der Waals surface area contributed by atoms with Gasteiger partial charge in [0.05, 0.1) is 19.4 Å². The highest BCUT2D eigenvalue weighted by Crippen LogP contribution is 2.32. The largest absolute Gasteiger partial charge is 0.497 e. The van der Waals surface area contributed by atoms with Gasteiger partial charge in [0, 0.05) is 23.3 Å². The van der Waals surface area contributed by atoms with E-state index in [0.29, 0.717) is 0 Å². The number of methoxy groups -OCH3 is 1. The Labute approximate surface area is 121 Å². The molecule has 0 amide bonds. The molecule has 0 radical (unpaired) electrons.